The predicted molar refractivity (Wildman–Crippen MR) is 100 cm³/mol. The van der Waals surface area contributed by atoms with E-state index in [1.54, 1.807) is 0 Å². The van der Waals surface area contributed by atoms with Crippen LogP contribution in [0, 0.1) is 11.8 Å². The van der Waals surface area contributed by atoms with Gasteiger partial charge in [0, 0.05) is 13.0 Å². The third kappa shape index (κ3) is 5.52. The summed E-state index contributed by atoms with van der Waals surface area (Å²) in [4.78, 5) is 5.23. The first-order chi connectivity index (χ1) is 12.1. The van der Waals surface area contributed by atoms with Gasteiger partial charge in [0.25, 0.3) is 0 Å². The molecule has 0 aliphatic carbocycles. The molecule has 0 N–H and O–H groups in total. The summed E-state index contributed by atoms with van der Waals surface area (Å²) in [6.45, 7) is 12.8. The second-order valence-corrected chi connectivity index (χ2v) is 8.50. The van der Waals surface area contributed by atoms with Gasteiger partial charge in [-0.3, -0.25) is 4.90 Å². The first-order valence-corrected chi connectivity index (χ1v) is 10.4. The smallest absolute Gasteiger partial charge is 0.233 e. The van der Waals surface area contributed by atoms with Crippen LogP contribution in [0.1, 0.15) is 77.1 Å². The van der Waals surface area contributed by atoms with Gasteiger partial charge < -0.3 is 9.32 Å². The third-order valence-electron chi connectivity index (χ3n) is 5.83. The number of rotatable bonds is 6. The Morgan fingerprint density at radius 3 is 2.28 bits per heavy atom. The zero-order valence-electron chi connectivity index (χ0n) is 16.4. The van der Waals surface area contributed by atoms with Crippen LogP contribution < -0.4 is 0 Å². The van der Waals surface area contributed by atoms with Crippen molar-refractivity contribution in [2.75, 3.05) is 32.7 Å². The highest BCUT2D eigenvalue weighted by molar-refractivity contribution is 4.91. The lowest BCUT2D eigenvalue weighted by Crippen LogP contribution is -2.40. The minimum atomic E-state index is 0.243. The van der Waals surface area contributed by atoms with Crippen LogP contribution in [0.15, 0.2) is 4.42 Å². The van der Waals surface area contributed by atoms with E-state index in [0.717, 1.165) is 37.2 Å². The molecule has 2 aliphatic rings. The maximum atomic E-state index is 5.90. The molecular formula is C20H36N4O. The Hall–Kier alpha value is -0.940. The van der Waals surface area contributed by atoms with Gasteiger partial charge in [-0.15, -0.1) is 10.2 Å². The molecule has 2 aliphatic heterocycles. The Kier molecular flexibility index (Phi) is 6.88. The summed E-state index contributed by atoms with van der Waals surface area (Å²) in [6.07, 6.45) is 9.11. The van der Waals surface area contributed by atoms with Crippen molar-refractivity contribution in [3.8, 4) is 0 Å². The summed E-state index contributed by atoms with van der Waals surface area (Å²) in [6, 6.07) is 0.243. The van der Waals surface area contributed by atoms with Crippen molar-refractivity contribution in [1.29, 1.82) is 0 Å². The molecule has 1 atom stereocenters. The average Bonchev–Trinajstić information content (AvgIpc) is 2.90. The lowest BCUT2D eigenvalue weighted by molar-refractivity contribution is 0.104. The topological polar surface area (TPSA) is 45.4 Å². The van der Waals surface area contributed by atoms with Crippen molar-refractivity contribution in [2.45, 2.75) is 71.8 Å². The van der Waals surface area contributed by atoms with Crippen molar-refractivity contribution < 1.29 is 4.42 Å². The van der Waals surface area contributed by atoms with Gasteiger partial charge >= 0.3 is 0 Å². The number of likely N-dealkylation sites (tertiary alicyclic amines) is 2. The van der Waals surface area contributed by atoms with E-state index >= 15 is 0 Å². The Morgan fingerprint density at radius 2 is 1.64 bits per heavy atom. The summed E-state index contributed by atoms with van der Waals surface area (Å²) < 4.78 is 5.90. The number of nitrogens with zero attached hydrogens (tertiary/aromatic N) is 4. The molecule has 0 spiro atoms. The van der Waals surface area contributed by atoms with E-state index in [2.05, 4.69) is 40.8 Å². The Balaban J connectivity index is 1.45. The summed E-state index contributed by atoms with van der Waals surface area (Å²) in [7, 11) is 0. The highest BCUT2D eigenvalue weighted by Gasteiger charge is 2.27. The van der Waals surface area contributed by atoms with Crippen LogP contribution >= 0.6 is 0 Å². The van der Waals surface area contributed by atoms with Crippen LogP contribution in [0.5, 0.6) is 0 Å². The number of piperidine rings is 1. The van der Waals surface area contributed by atoms with E-state index in [1.165, 1.54) is 58.2 Å². The van der Waals surface area contributed by atoms with Crippen LogP contribution in [-0.4, -0.2) is 52.7 Å². The van der Waals surface area contributed by atoms with Gasteiger partial charge in [0.1, 0.15) is 0 Å². The average molecular weight is 349 g/mol. The van der Waals surface area contributed by atoms with Gasteiger partial charge in [-0.1, -0.05) is 26.7 Å². The lowest BCUT2D eigenvalue weighted by atomic mass is 9.95. The molecule has 2 saturated heterocycles. The van der Waals surface area contributed by atoms with Gasteiger partial charge in [0.2, 0.25) is 11.8 Å². The first kappa shape index (κ1) is 18.8. The van der Waals surface area contributed by atoms with Gasteiger partial charge in [0.15, 0.2) is 0 Å². The molecule has 0 bridgehead atoms. The standard InChI is InChI=1S/C20H36N4O/c1-16(2)14-19-21-22-20(25-19)17(3)24-12-8-18(9-13-24)15-23-10-6-4-5-7-11-23/h16-18H,4-15H2,1-3H3/t17-/m0/s1. The fourth-order valence-corrected chi connectivity index (χ4v) is 4.23. The van der Waals surface area contributed by atoms with Gasteiger partial charge in [-0.2, -0.15) is 0 Å². The molecule has 1 aromatic rings. The molecule has 142 valence electrons. The largest absolute Gasteiger partial charge is 0.424 e. The van der Waals surface area contributed by atoms with Crippen molar-refractivity contribution in [1.82, 2.24) is 20.0 Å². The minimum Gasteiger partial charge on any atom is -0.424 e. The Morgan fingerprint density at radius 1 is 0.960 bits per heavy atom. The highest BCUT2D eigenvalue weighted by Crippen LogP contribution is 2.27. The van der Waals surface area contributed by atoms with Crippen molar-refractivity contribution in [3.05, 3.63) is 11.8 Å². The third-order valence-corrected chi connectivity index (χ3v) is 5.83. The lowest BCUT2D eigenvalue weighted by Gasteiger charge is -2.36. The minimum absolute atomic E-state index is 0.243. The molecule has 2 fully saturated rings. The Labute approximate surface area is 153 Å². The second-order valence-electron chi connectivity index (χ2n) is 8.50. The van der Waals surface area contributed by atoms with Crippen LogP contribution in [0.25, 0.3) is 0 Å². The molecule has 25 heavy (non-hydrogen) atoms. The van der Waals surface area contributed by atoms with Crippen LogP contribution in [0.3, 0.4) is 0 Å². The zero-order chi connectivity index (χ0) is 17.6. The Bertz CT molecular complexity index is 500. The van der Waals surface area contributed by atoms with Crippen molar-refractivity contribution in [2.24, 2.45) is 11.8 Å². The molecule has 0 saturated carbocycles. The maximum Gasteiger partial charge on any atom is 0.233 e. The molecule has 0 amide bonds. The maximum absolute atomic E-state index is 5.90. The summed E-state index contributed by atoms with van der Waals surface area (Å²) in [5, 5.41) is 8.52. The molecular weight excluding hydrogens is 312 g/mol. The molecule has 3 rings (SSSR count). The summed E-state index contributed by atoms with van der Waals surface area (Å²) in [5.41, 5.74) is 0. The van der Waals surface area contributed by atoms with E-state index in [0.29, 0.717) is 5.92 Å². The molecule has 0 radical (unpaired) electrons. The van der Waals surface area contributed by atoms with E-state index in [9.17, 15) is 0 Å². The molecule has 3 heterocycles. The van der Waals surface area contributed by atoms with Gasteiger partial charge in [-0.05, 0) is 70.6 Å². The quantitative estimate of drug-likeness (QED) is 0.780. The highest BCUT2D eigenvalue weighted by atomic mass is 16.4. The first-order valence-electron chi connectivity index (χ1n) is 10.4. The number of aromatic nitrogens is 2. The van der Waals surface area contributed by atoms with E-state index in [-0.39, 0.29) is 6.04 Å². The van der Waals surface area contributed by atoms with Crippen LogP contribution in [0.2, 0.25) is 0 Å². The van der Waals surface area contributed by atoms with Gasteiger partial charge in [-0.25, -0.2) is 0 Å². The predicted octanol–water partition coefficient (Wildman–Crippen LogP) is 3.92. The fourth-order valence-electron chi connectivity index (χ4n) is 4.23. The van der Waals surface area contributed by atoms with E-state index in [4.69, 9.17) is 4.42 Å². The fraction of sp³-hybridized carbons (Fsp3) is 0.900. The summed E-state index contributed by atoms with van der Waals surface area (Å²) >= 11 is 0. The monoisotopic (exact) mass is 348 g/mol. The second kappa shape index (κ2) is 9.13. The molecule has 0 unspecified atom stereocenters. The van der Waals surface area contributed by atoms with Gasteiger partial charge in [0.05, 0.1) is 6.04 Å². The zero-order valence-corrected chi connectivity index (χ0v) is 16.4. The van der Waals surface area contributed by atoms with E-state index in [1.807, 2.05) is 0 Å². The molecule has 1 aromatic heterocycles. The van der Waals surface area contributed by atoms with Crippen LogP contribution in [-0.2, 0) is 6.42 Å². The normalized spacial score (nSPS) is 23.0. The van der Waals surface area contributed by atoms with Crippen LogP contribution in [0.4, 0.5) is 0 Å². The number of hydrogen-bond donors (Lipinski definition) is 0. The number of hydrogen-bond acceptors (Lipinski definition) is 5. The SMILES string of the molecule is CC(C)Cc1nnc([C@H](C)N2CCC(CN3CCCCCC3)CC2)o1. The van der Waals surface area contributed by atoms with Crippen molar-refractivity contribution in [3.63, 3.8) is 0 Å². The van der Waals surface area contributed by atoms with E-state index < -0.39 is 0 Å². The summed E-state index contributed by atoms with van der Waals surface area (Å²) in [5.74, 6) is 2.99. The van der Waals surface area contributed by atoms with Crippen molar-refractivity contribution >= 4 is 0 Å². The molecule has 0 aromatic carbocycles. The molecule has 5 heteroatoms. The molecule has 5 nitrogen and oxygen atoms in total.